The zero-order chi connectivity index (χ0) is 18.3. The lowest BCUT2D eigenvalue weighted by molar-refractivity contribution is 0.105. The minimum Gasteiger partial charge on any atom is -0.467 e. The zero-order valence-electron chi connectivity index (χ0n) is 16.8. The predicted molar refractivity (Wildman–Crippen MR) is 119 cm³/mol. The SMILES string of the molecule is CCN(CC)CCCC(C)NC(=NC)NCCCOCc1ccco1.I. The van der Waals surface area contributed by atoms with Crippen molar-refractivity contribution in [3.63, 3.8) is 0 Å². The number of hydrogen-bond donors (Lipinski definition) is 2. The maximum atomic E-state index is 5.57. The number of rotatable bonds is 13. The molecule has 26 heavy (non-hydrogen) atoms. The summed E-state index contributed by atoms with van der Waals surface area (Å²) in [6.07, 6.45) is 4.94. The Morgan fingerprint density at radius 3 is 2.69 bits per heavy atom. The maximum Gasteiger partial charge on any atom is 0.191 e. The summed E-state index contributed by atoms with van der Waals surface area (Å²) in [5.41, 5.74) is 0. The van der Waals surface area contributed by atoms with Gasteiger partial charge < -0.3 is 24.7 Å². The number of halogens is 1. The van der Waals surface area contributed by atoms with E-state index in [-0.39, 0.29) is 24.0 Å². The Hall–Kier alpha value is -0.800. The van der Waals surface area contributed by atoms with Crippen LogP contribution in [0.1, 0.15) is 45.8 Å². The summed E-state index contributed by atoms with van der Waals surface area (Å²) in [6, 6.07) is 4.21. The molecule has 1 aromatic heterocycles. The molecule has 0 aliphatic heterocycles. The molecule has 0 aliphatic rings. The molecule has 0 saturated heterocycles. The third-order valence-electron chi connectivity index (χ3n) is 4.19. The van der Waals surface area contributed by atoms with Gasteiger partial charge in [0, 0.05) is 26.2 Å². The van der Waals surface area contributed by atoms with Gasteiger partial charge in [-0.25, -0.2) is 0 Å². The van der Waals surface area contributed by atoms with E-state index >= 15 is 0 Å². The summed E-state index contributed by atoms with van der Waals surface area (Å²) in [4.78, 5) is 6.75. The van der Waals surface area contributed by atoms with Crippen molar-refractivity contribution < 1.29 is 9.15 Å². The van der Waals surface area contributed by atoms with E-state index in [2.05, 4.69) is 41.3 Å². The van der Waals surface area contributed by atoms with Gasteiger partial charge in [0.1, 0.15) is 12.4 Å². The van der Waals surface area contributed by atoms with E-state index in [1.807, 2.05) is 19.2 Å². The van der Waals surface area contributed by atoms with Crippen LogP contribution in [0, 0.1) is 0 Å². The van der Waals surface area contributed by atoms with Crippen LogP contribution < -0.4 is 10.6 Å². The molecule has 1 aromatic rings. The zero-order valence-corrected chi connectivity index (χ0v) is 19.1. The first kappa shape index (κ1) is 25.2. The molecule has 6 nitrogen and oxygen atoms in total. The molecule has 1 rings (SSSR count). The fourth-order valence-corrected chi connectivity index (χ4v) is 2.61. The quantitative estimate of drug-likeness (QED) is 0.196. The molecule has 1 atom stereocenters. The monoisotopic (exact) mass is 480 g/mol. The maximum absolute atomic E-state index is 5.57. The summed E-state index contributed by atoms with van der Waals surface area (Å²) in [5, 5.41) is 6.79. The Balaban J connectivity index is 0.00000625. The van der Waals surface area contributed by atoms with Crippen LogP contribution >= 0.6 is 24.0 Å². The summed E-state index contributed by atoms with van der Waals surface area (Å²) in [6.45, 7) is 12.1. The van der Waals surface area contributed by atoms with E-state index in [0.717, 1.165) is 50.7 Å². The van der Waals surface area contributed by atoms with Gasteiger partial charge in [0.15, 0.2) is 5.96 Å². The van der Waals surface area contributed by atoms with Crippen LogP contribution in [0.25, 0.3) is 0 Å². The van der Waals surface area contributed by atoms with Crippen LogP contribution in [0.4, 0.5) is 0 Å². The molecule has 7 heteroatoms. The largest absolute Gasteiger partial charge is 0.467 e. The number of nitrogens with one attached hydrogen (secondary N) is 2. The molecule has 152 valence electrons. The van der Waals surface area contributed by atoms with E-state index in [1.165, 1.54) is 6.42 Å². The number of nitrogens with zero attached hydrogens (tertiary/aromatic N) is 2. The van der Waals surface area contributed by atoms with Crippen molar-refractivity contribution >= 4 is 29.9 Å². The summed E-state index contributed by atoms with van der Waals surface area (Å²) in [5.74, 6) is 1.73. The highest BCUT2D eigenvalue weighted by Gasteiger charge is 2.06. The fourth-order valence-electron chi connectivity index (χ4n) is 2.61. The van der Waals surface area contributed by atoms with E-state index in [4.69, 9.17) is 9.15 Å². The average molecular weight is 480 g/mol. The van der Waals surface area contributed by atoms with Gasteiger partial charge >= 0.3 is 0 Å². The lowest BCUT2D eigenvalue weighted by Gasteiger charge is -2.21. The van der Waals surface area contributed by atoms with Crippen molar-refractivity contribution in [2.24, 2.45) is 4.99 Å². The van der Waals surface area contributed by atoms with Gasteiger partial charge in [-0.05, 0) is 58.0 Å². The number of ether oxygens (including phenoxy) is 1. The Morgan fingerprint density at radius 1 is 1.31 bits per heavy atom. The second kappa shape index (κ2) is 16.4. The van der Waals surface area contributed by atoms with Gasteiger partial charge in [0.05, 0.1) is 6.26 Å². The van der Waals surface area contributed by atoms with E-state index in [1.54, 1.807) is 6.26 Å². The van der Waals surface area contributed by atoms with Gasteiger partial charge in [-0.1, -0.05) is 13.8 Å². The number of aliphatic imine (C=N–C) groups is 1. The van der Waals surface area contributed by atoms with Crippen LogP contribution in [0.5, 0.6) is 0 Å². The highest BCUT2D eigenvalue weighted by molar-refractivity contribution is 14.0. The predicted octanol–water partition coefficient (Wildman–Crippen LogP) is 3.48. The molecule has 1 heterocycles. The van der Waals surface area contributed by atoms with E-state index in [9.17, 15) is 0 Å². The summed E-state index contributed by atoms with van der Waals surface area (Å²) < 4.78 is 10.8. The van der Waals surface area contributed by atoms with Crippen LogP contribution in [-0.2, 0) is 11.3 Å². The molecule has 0 radical (unpaired) electrons. The van der Waals surface area contributed by atoms with Crippen molar-refractivity contribution in [2.75, 3.05) is 39.8 Å². The van der Waals surface area contributed by atoms with E-state index < -0.39 is 0 Å². The average Bonchev–Trinajstić information content (AvgIpc) is 3.14. The molecule has 0 aromatic carbocycles. The smallest absolute Gasteiger partial charge is 0.191 e. The first-order chi connectivity index (χ1) is 12.2. The lowest BCUT2D eigenvalue weighted by atomic mass is 10.2. The van der Waals surface area contributed by atoms with E-state index in [0.29, 0.717) is 19.3 Å². The van der Waals surface area contributed by atoms with Crippen LogP contribution in [0.2, 0.25) is 0 Å². The summed E-state index contributed by atoms with van der Waals surface area (Å²) >= 11 is 0. The third kappa shape index (κ3) is 11.7. The number of furan rings is 1. The van der Waals surface area contributed by atoms with Crippen LogP contribution in [0.3, 0.4) is 0 Å². The Bertz CT molecular complexity index is 450. The normalized spacial score (nSPS) is 12.7. The van der Waals surface area contributed by atoms with Crippen molar-refractivity contribution in [3.8, 4) is 0 Å². The Morgan fingerprint density at radius 2 is 2.08 bits per heavy atom. The first-order valence-electron chi connectivity index (χ1n) is 9.49. The van der Waals surface area contributed by atoms with Gasteiger partial charge in [-0.2, -0.15) is 0 Å². The molecule has 0 spiro atoms. The minimum atomic E-state index is 0. The second-order valence-corrected chi connectivity index (χ2v) is 6.20. The molecule has 0 aliphatic carbocycles. The van der Waals surface area contributed by atoms with Crippen molar-refractivity contribution in [1.82, 2.24) is 15.5 Å². The lowest BCUT2D eigenvalue weighted by Crippen LogP contribution is -2.43. The first-order valence-corrected chi connectivity index (χ1v) is 9.49. The molecule has 1 unspecified atom stereocenters. The molecule has 0 saturated carbocycles. The topological polar surface area (TPSA) is 62.0 Å². The molecular weight excluding hydrogens is 443 g/mol. The van der Waals surface area contributed by atoms with Gasteiger partial charge in [0.2, 0.25) is 0 Å². The molecule has 2 N–H and O–H groups in total. The molecule has 0 bridgehead atoms. The Labute approximate surface area is 176 Å². The second-order valence-electron chi connectivity index (χ2n) is 6.20. The number of guanidine groups is 1. The third-order valence-corrected chi connectivity index (χ3v) is 4.19. The minimum absolute atomic E-state index is 0. The van der Waals surface area contributed by atoms with Gasteiger partial charge in [-0.3, -0.25) is 4.99 Å². The van der Waals surface area contributed by atoms with Crippen molar-refractivity contribution in [1.29, 1.82) is 0 Å². The molecular formula is C19H37IN4O2. The molecule has 0 amide bonds. The van der Waals surface area contributed by atoms with Crippen molar-refractivity contribution in [3.05, 3.63) is 24.2 Å². The fraction of sp³-hybridized carbons (Fsp3) is 0.737. The van der Waals surface area contributed by atoms with Crippen LogP contribution in [-0.4, -0.2) is 56.7 Å². The Kier molecular flexibility index (Phi) is 15.9. The standard InChI is InChI=1S/C19H36N4O2.HI/c1-5-23(6-2)13-7-10-17(3)22-19(20-4)21-12-9-14-24-16-18-11-8-15-25-18;/h8,11,15,17H,5-7,9-10,12-14,16H2,1-4H3,(H2,20,21,22);1H. The van der Waals surface area contributed by atoms with Crippen LogP contribution in [0.15, 0.2) is 27.8 Å². The number of hydrogen-bond acceptors (Lipinski definition) is 4. The van der Waals surface area contributed by atoms with Gasteiger partial charge in [0.25, 0.3) is 0 Å². The highest BCUT2D eigenvalue weighted by Crippen LogP contribution is 2.02. The molecule has 0 fully saturated rings. The van der Waals surface area contributed by atoms with Crippen molar-refractivity contribution in [2.45, 2.75) is 52.7 Å². The van der Waals surface area contributed by atoms with Gasteiger partial charge in [-0.15, -0.1) is 24.0 Å². The summed E-state index contributed by atoms with van der Waals surface area (Å²) in [7, 11) is 1.81. The highest BCUT2D eigenvalue weighted by atomic mass is 127.